The standard InChI is InChI=1S/C15H20BrN3OS/c16-12-10-11(15(17)21)4-5-13(12)18-7-6-14(20)19-8-2-1-3-9-19/h4-5,10,18H,1-3,6-9H2,(H2,17,21). The van der Waals surface area contributed by atoms with Gasteiger partial charge in [0.05, 0.1) is 0 Å². The minimum absolute atomic E-state index is 0.234. The number of thiocarbonyl (C=S) groups is 1. The highest BCUT2D eigenvalue weighted by Crippen LogP contribution is 2.23. The van der Waals surface area contributed by atoms with Gasteiger partial charge in [-0.2, -0.15) is 0 Å². The molecular weight excluding hydrogens is 350 g/mol. The van der Waals surface area contributed by atoms with Crippen molar-refractivity contribution in [3.8, 4) is 0 Å². The van der Waals surface area contributed by atoms with Crippen molar-refractivity contribution in [3.05, 3.63) is 28.2 Å². The van der Waals surface area contributed by atoms with Crippen LogP contribution in [0.4, 0.5) is 5.69 Å². The molecule has 0 aliphatic carbocycles. The van der Waals surface area contributed by atoms with Gasteiger partial charge in [-0.25, -0.2) is 0 Å². The Morgan fingerprint density at radius 3 is 2.67 bits per heavy atom. The first-order valence-electron chi connectivity index (χ1n) is 7.19. The molecule has 1 saturated heterocycles. The number of nitrogens with zero attached hydrogens (tertiary/aromatic N) is 1. The number of likely N-dealkylation sites (tertiary alicyclic amines) is 1. The SMILES string of the molecule is NC(=S)c1ccc(NCCC(=O)N2CCCCC2)c(Br)c1. The van der Waals surface area contributed by atoms with Crippen LogP contribution >= 0.6 is 28.1 Å². The summed E-state index contributed by atoms with van der Waals surface area (Å²) in [6, 6.07) is 5.68. The van der Waals surface area contributed by atoms with E-state index in [0.29, 0.717) is 18.0 Å². The third-order valence-corrected chi connectivity index (χ3v) is 4.51. The number of anilines is 1. The van der Waals surface area contributed by atoms with E-state index in [4.69, 9.17) is 18.0 Å². The highest BCUT2D eigenvalue weighted by molar-refractivity contribution is 9.10. The fraction of sp³-hybridized carbons (Fsp3) is 0.467. The lowest BCUT2D eigenvalue weighted by atomic mass is 10.1. The molecule has 6 heteroatoms. The number of carbonyl (C=O) groups is 1. The van der Waals surface area contributed by atoms with Gasteiger partial charge in [0.1, 0.15) is 4.99 Å². The summed E-state index contributed by atoms with van der Waals surface area (Å²) in [4.78, 5) is 14.4. The Hall–Kier alpha value is -1.14. The van der Waals surface area contributed by atoms with E-state index in [9.17, 15) is 4.79 Å². The zero-order valence-electron chi connectivity index (χ0n) is 11.9. The van der Waals surface area contributed by atoms with Crippen LogP contribution in [-0.4, -0.2) is 35.4 Å². The number of halogens is 1. The Morgan fingerprint density at radius 1 is 1.33 bits per heavy atom. The van der Waals surface area contributed by atoms with Gasteiger partial charge in [-0.3, -0.25) is 4.79 Å². The molecule has 1 aliphatic rings. The van der Waals surface area contributed by atoms with E-state index in [1.54, 1.807) is 0 Å². The lowest BCUT2D eigenvalue weighted by Gasteiger charge is -2.26. The van der Waals surface area contributed by atoms with Gasteiger partial charge >= 0.3 is 0 Å². The number of hydrogen-bond donors (Lipinski definition) is 2. The third-order valence-electron chi connectivity index (χ3n) is 3.62. The lowest BCUT2D eigenvalue weighted by Crippen LogP contribution is -2.36. The molecule has 0 atom stereocenters. The summed E-state index contributed by atoms with van der Waals surface area (Å²) < 4.78 is 0.901. The van der Waals surface area contributed by atoms with Gasteiger partial charge in [-0.1, -0.05) is 12.2 Å². The van der Waals surface area contributed by atoms with Crippen molar-refractivity contribution >= 4 is 44.7 Å². The zero-order chi connectivity index (χ0) is 15.2. The van der Waals surface area contributed by atoms with E-state index in [0.717, 1.165) is 41.7 Å². The van der Waals surface area contributed by atoms with Crippen LogP contribution in [0.2, 0.25) is 0 Å². The molecule has 1 aromatic carbocycles. The number of nitrogens with two attached hydrogens (primary N) is 1. The third kappa shape index (κ3) is 4.68. The van der Waals surface area contributed by atoms with Gasteiger partial charge in [-0.05, 0) is 53.4 Å². The molecule has 0 radical (unpaired) electrons. The molecule has 1 heterocycles. The monoisotopic (exact) mass is 369 g/mol. The molecular formula is C15H20BrN3OS. The maximum atomic E-state index is 12.1. The van der Waals surface area contributed by atoms with Crippen molar-refractivity contribution in [2.45, 2.75) is 25.7 Å². The Morgan fingerprint density at radius 2 is 2.05 bits per heavy atom. The number of carbonyl (C=O) groups excluding carboxylic acids is 1. The molecule has 1 aromatic rings. The fourth-order valence-corrected chi connectivity index (χ4v) is 3.06. The van der Waals surface area contributed by atoms with Gasteiger partial charge in [0.2, 0.25) is 5.91 Å². The molecule has 4 nitrogen and oxygen atoms in total. The topological polar surface area (TPSA) is 58.4 Å². The van der Waals surface area contributed by atoms with Crippen molar-refractivity contribution < 1.29 is 4.79 Å². The number of piperidine rings is 1. The first-order chi connectivity index (χ1) is 10.1. The average molecular weight is 370 g/mol. The van der Waals surface area contributed by atoms with Crippen LogP contribution in [0.25, 0.3) is 0 Å². The van der Waals surface area contributed by atoms with Gasteiger partial charge in [0.15, 0.2) is 0 Å². The van der Waals surface area contributed by atoms with Crippen LogP contribution in [0.3, 0.4) is 0 Å². The van der Waals surface area contributed by atoms with E-state index in [1.165, 1.54) is 6.42 Å². The minimum atomic E-state index is 0.234. The maximum absolute atomic E-state index is 12.1. The number of nitrogens with one attached hydrogen (secondary N) is 1. The number of amides is 1. The summed E-state index contributed by atoms with van der Waals surface area (Å²) in [6.07, 6.45) is 4.02. The van der Waals surface area contributed by atoms with E-state index in [2.05, 4.69) is 21.2 Å². The van der Waals surface area contributed by atoms with Gasteiger partial charge in [0.25, 0.3) is 0 Å². The van der Waals surface area contributed by atoms with Crippen molar-refractivity contribution in [1.29, 1.82) is 0 Å². The van der Waals surface area contributed by atoms with Crippen molar-refractivity contribution in [1.82, 2.24) is 4.90 Å². The highest BCUT2D eigenvalue weighted by Gasteiger charge is 2.15. The molecule has 0 saturated carbocycles. The smallest absolute Gasteiger partial charge is 0.224 e. The van der Waals surface area contributed by atoms with E-state index < -0.39 is 0 Å². The van der Waals surface area contributed by atoms with Gasteiger partial charge in [0, 0.05) is 41.8 Å². The van der Waals surface area contributed by atoms with Gasteiger partial charge < -0.3 is 16.0 Å². The number of hydrogen-bond acceptors (Lipinski definition) is 3. The quantitative estimate of drug-likeness (QED) is 0.783. The Labute approximate surface area is 139 Å². The summed E-state index contributed by atoms with van der Waals surface area (Å²) in [5, 5.41) is 3.27. The lowest BCUT2D eigenvalue weighted by molar-refractivity contribution is -0.131. The second kappa shape index (κ2) is 7.75. The zero-order valence-corrected chi connectivity index (χ0v) is 14.3. The maximum Gasteiger partial charge on any atom is 0.224 e. The fourth-order valence-electron chi connectivity index (χ4n) is 2.42. The predicted octanol–water partition coefficient (Wildman–Crippen LogP) is 2.90. The summed E-state index contributed by atoms with van der Waals surface area (Å²) in [6.45, 7) is 2.44. The molecule has 0 spiro atoms. The molecule has 1 amide bonds. The second-order valence-corrected chi connectivity index (χ2v) is 6.47. The first-order valence-corrected chi connectivity index (χ1v) is 8.39. The Kier molecular flexibility index (Phi) is 5.99. The number of benzene rings is 1. The molecule has 21 heavy (non-hydrogen) atoms. The van der Waals surface area contributed by atoms with E-state index >= 15 is 0 Å². The van der Waals surface area contributed by atoms with Crippen LogP contribution < -0.4 is 11.1 Å². The predicted molar refractivity (Wildman–Crippen MR) is 93.6 cm³/mol. The molecule has 114 valence electrons. The molecule has 3 N–H and O–H groups in total. The highest BCUT2D eigenvalue weighted by atomic mass is 79.9. The minimum Gasteiger partial charge on any atom is -0.389 e. The van der Waals surface area contributed by atoms with E-state index in [-0.39, 0.29) is 5.91 Å². The Balaban J connectivity index is 1.83. The Bertz CT molecular complexity index is 530. The first kappa shape index (κ1) is 16.2. The van der Waals surface area contributed by atoms with Crippen molar-refractivity contribution in [2.24, 2.45) is 5.73 Å². The van der Waals surface area contributed by atoms with Crippen molar-refractivity contribution in [2.75, 3.05) is 25.0 Å². The molecule has 1 fully saturated rings. The van der Waals surface area contributed by atoms with Gasteiger partial charge in [-0.15, -0.1) is 0 Å². The van der Waals surface area contributed by atoms with Crippen LogP contribution in [0, 0.1) is 0 Å². The molecule has 1 aliphatic heterocycles. The average Bonchev–Trinajstić information content (AvgIpc) is 2.49. The van der Waals surface area contributed by atoms with Crippen LogP contribution in [0.15, 0.2) is 22.7 Å². The summed E-state index contributed by atoms with van der Waals surface area (Å²) in [5.41, 5.74) is 7.37. The summed E-state index contributed by atoms with van der Waals surface area (Å²) in [7, 11) is 0. The summed E-state index contributed by atoms with van der Waals surface area (Å²) in [5.74, 6) is 0.234. The molecule has 0 aromatic heterocycles. The van der Waals surface area contributed by atoms with Crippen LogP contribution in [-0.2, 0) is 4.79 Å². The largest absolute Gasteiger partial charge is 0.389 e. The van der Waals surface area contributed by atoms with Crippen LogP contribution in [0.1, 0.15) is 31.2 Å². The molecule has 0 unspecified atom stereocenters. The normalized spacial score (nSPS) is 14.8. The molecule has 2 rings (SSSR count). The second-order valence-electron chi connectivity index (χ2n) is 5.18. The molecule has 0 bridgehead atoms. The summed E-state index contributed by atoms with van der Waals surface area (Å²) >= 11 is 8.43. The van der Waals surface area contributed by atoms with Crippen LogP contribution in [0.5, 0.6) is 0 Å². The number of rotatable bonds is 5. The van der Waals surface area contributed by atoms with Crippen molar-refractivity contribution in [3.63, 3.8) is 0 Å². The van der Waals surface area contributed by atoms with E-state index in [1.807, 2.05) is 23.1 Å².